The molecule has 0 unspecified atom stereocenters. The van der Waals surface area contributed by atoms with Crippen molar-refractivity contribution in [3.05, 3.63) is 35.1 Å². The molecule has 1 aromatic carbocycles. The number of nitrogens with one attached hydrogen (secondary N) is 3. The zero-order valence-electron chi connectivity index (χ0n) is 24.2. The fourth-order valence-electron chi connectivity index (χ4n) is 6.31. The van der Waals surface area contributed by atoms with Gasteiger partial charge in [-0.15, -0.1) is 5.06 Å². The number of hydroxylamine groups is 2. The Kier molecular flexibility index (Phi) is 9.01. The Morgan fingerprint density at radius 1 is 0.977 bits per heavy atom. The number of amides is 1. The van der Waals surface area contributed by atoms with E-state index >= 15 is 0 Å². The molecular formula is C29H37ClF3N9O2. The lowest BCUT2D eigenvalue weighted by Gasteiger charge is -2.31. The Morgan fingerprint density at radius 3 is 2.39 bits per heavy atom. The second kappa shape index (κ2) is 12.9. The molecule has 3 aliphatic rings. The van der Waals surface area contributed by atoms with Gasteiger partial charge in [-0.3, -0.25) is 5.32 Å². The summed E-state index contributed by atoms with van der Waals surface area (Å²) in [5.74, 6) is 1.24. The summed E-state index contributed by atoms with van der Waals surface area (Å²) in [5, 5.41) is 10.9. The van der Waals surface area contributed by atoms with Gasteiger partial charge in [-0.05, 0) is 69.6 Å². The first kappa shape index (κ1) is 30.7. The number of carbonyl (C=O) groups is 1. The van der Waals surface area contributed by atoms with E-state index in [1.807, 2.05) is 6.33 Å². The minimum Gasteiger partial charge on any atom is -0.365 e. The van der Waals surface area contributed by atoms with Gasteiger partial charge in [-0.25, -0.2) is 9.78 Å². The molecule has 3 aromatic rings. The number of hydrogen-bond acceptors (Lipinski definition) is 9. The average molecular weight is 636 g/mol. The lowest BCUT2D eigenvalue weighted by atomic mass is 9.92. The lowest BCUT2D eigenvalue weighted by Crippen LogP contribution is -2.41. The van der Waals surface area contributed by atoms with Gasteiger partial charge < -0.3 is 25.8 Å². The fourth-order valence-corrected chi connectivity index (χ4v) is 6.47. The Balaban J connectivity index is 1.10. The summed E-state index contributed by atoms with van der Waals surface area (Å²) in [6.45, 7) is 0.833. The minimum absolute atomic E-state index is 0.0229. The number of rotatable bonds is 7. The molecule has 44 heavy (non-hydrogen) atoms. The first-order valence-electron chi connectivity index (χ1n) is 15.3. The van der Waals surface area contributed by atoms with Crippen LogP contribution >= 0.6 is 11.6 Å². The summed E-state index contributed by atoms with van der Waals surface area (Å²) >= 11 is 5.99. The number of alkyl halides is 3. The van der Waals surface area contributed by atoms with Crippen LogP contribution in [0.1, 0.15) is 75.8 Å². The fraction of sp³-hybridized carbons (Fsp3) is 0.586. The summed E-state index contributed by atoms with van der Waals surface area (Å²) in [5.41, 5.74) is 6.56. The Morgan fingerprint density at radius 2 is 1.68 bits per heavy atom. The summed E-state index contributed by atoms with van der Waals surface area (Å²) in [4.78, 5) is 32.3. The molecule has 5 N–H and O–H groups in total. The van der Waals surface area contributed by atoms with Gasteiger partial charge in [0.15, 0.2) is 17.0 Å². The van der Waals surface area contributed by atoms with Gasteiger partial charge in [0, 0.05) is 37.3 Å². The molecule has 238 valence electrons. The maximum atomic E-state index is 13.1. The Labute approximate surface area is 258 Å². The highest BCUT2D eigenvalue weighted by atomic mass is 35.5. The molecule has 11 nitrogen and oxygen atoms in total. The van der Waals surface area contributed by atoms with Crippen molar-refractivity contribution in [1.82, 2.24) is 24.6 Å². The third-order valence-electron chi connectivity index (χ3n) is 8.78. The zero-order chi connectivity index (χ0) is 30.8. The van der Waals surface area contributed by atoms with Gasteiger partial charge in [0.1, 0.15) is 0 Å². The SMILES string of the molecule is NC1CCC(Nc2nc(NC3CCN(OC(=O)Nc4cc(C(F)(F)F)ccc4Cl)CC3)c3ncn(C4CCCC4)c3n2)CC1. The van der Waals surface area contributed by atoms with Crippen molar-refractivity contribution in [2.75, 3.05) is 29.0 Å². The van der Waals surface area contributed by atoms with Crippen molar-refractivity contribution in [2.45, 2.75) is 94.6 Å². The van der Waals surface area contributed by atoms with E-state index in [9.17, 15) is 18.0 Å². The maximum absolute atomic E-state index is 13.1. The van der Waals surface area contributed by atoms with Crippen molar-refractivity contribution < 1.29 is 22.8 Å². The number of carbonyl (C=O) groups excluding carboxylic acids is 1. The van der Waals surface area contributed by atoms with Gasteiger partial charge >= 0.3 is 12.3 Å². The number of hydrogen-bond donors (Lipinski definition) is 4. The van der Waals surface area contributed by atoms with Crippen LogP contribution in [0.3, 0.4) is 0 Å². The second-order valence-electron chi connectivity index (χ2n) is 12.0. The summed E-state index contributed by atoms with van der Waals surface area (Å²) in [6.07, 6.45) is 6.14. The molecule has 0 radical (unpaired) electrons. The number of piperidine rings is 1. The van der Waals surface area contributed by atoms with Crippen molar-refractivity contribution in [2.24, 2.45) is 5.73 Å². The smallest absolute Gasteiger partial charge is 0.365 e. The third kappa shape index (κ3) is 7.13. The van der Waals surface area contributed by atoms with E-state index in [0.29, 0.717) is 43.7 Å². The highest BCUT2D eigenvalue weighted by Gasteiger charge is 2.32. The van der Waals surface area contributed by atoms with E-state index in [-0.39, 0.29) is 28.8 Å². The number of imidazole rings is 1. The Bertz CT molecular complexity index is 1460. The Hall–Kier alpha value is -3.36. The molecule has 2 aliphatic carbocycles. The topological polar surface area (TPSA) is 135 Å². The van der Waals surface area contributed by atoms with Crippen molar-refractivity contribution in [1.29, 1.82) is 0 Å². The van der Waals surface area contributed by atoms with E-state index in [0.717, 1.165) is 67.9 Å². The van der Waals surface area contributed by atoms with Crippen molar-refractivity contribution >= 4 is 46.3 Å². The van der Waals surface area contributed by atoms with Crippen LogP contribution in [0.2, 0.25) is 5.02 Å². The van der Waals surface area contributed by atoms with E-state index in [2.05, 4.69) is 20.5 Å². The predicted molar refractivity (Wildman–Crippen MR) is 161 cm³/mol. The first-order valence-corrected chi connectivity index (χ1v) is 15.6. The van der Waals surface area contributed by atoms with Gasteiger partial charge in [0.05, 0.1) is 22.6 Å². The lowest BCUT2D eigenvalue weighted by molar-refractivity contribution is -0.137. The molecule has 0 spiro atoms. The monoisotopic (exact) mass is 635 g/mol. The van der Waals surface area contributed by atoms with Crippen LogP contribution in [-0.2, 0) is 11.0 Å². The summed E-state index contributed by atoms with van der Waals surface area (Å²) < 4.78 is 41.4. The van der Waals surface area contributed by atoms with Gasteiger partial charge in [-0.1, -0.05) is 24.4 Å². The average Bonchev–Trinajstić information content (AvgIpc) is 3.66. The third-order valence-corrected chi connectivity index (χ3v) is 9.11. The largest absolute Gasteiger partial charge is 0.430 e. The van der Waals surface area contributed by atoms with E-state index in [1.54, 1.807) is 0 Å². The van der Waals surface area contributed by atoms with Crippen LogP contribution < -0.4 is 21.7 Å². The van der Waals surface area contributed by atoms with E-state index in [4.69, 9.17) is 37.1 Å². The van der Waals surface area contributed by atoms with Crippen LogP contribution in [0.5, 0.6) is 0 Å². The molecule has 3 heterocycles. The van der Waals surface area contributed by atoms with Crippen LogP contribution in [0, 0.1) is 0 Å². The number of fused-ring (bicyclic) bond motifs is 1. The number of anilines is 3. The second-order valence-corrected chi connectivity index (χ2v) is 12.4. The van der Waals surface area contributed by atoms with Gasteiger partial charge in [-0.2, -0.15) is 23.1 Å². The van der Waals surface area contributed by atoms with Crippen LogP contribution in [0.4, 0.5) is 35.4 Å². The molecule has 1 saturated heterocycles. The van der Waals surface area contributed by atoms with Crippen LogP contribution in [-0.4, -0.2) is 61.9 Å². The summed E-state index contributed by atoms with van der Waals surface area (Å²) in [7, 11) is 0. The number of nitrogens with zero attached hydrogens (tertiary/aromatic N) is 5. The minimum atomic E-state index is -4.56. The predicted octanol–water partition coefficient (Wildman–Crippen LogP) is 6.34. The molecule has 1 amide bonds. The molecule has 6 rings (SSSR count). The normalized spacial score (nSPS) is 22.3. The number of nitrogens with two attached hydrogens (primary N) is 1. The van der Waals surface area contributed by atoms with Gasteiger partial charge in [0.2, 0.25) is 5.95 Å². The summed E-state index contributed by atoms with van der Waals surface area (Å²) in [6, 6.07) is 3.64. The first-order chi connectivity index (χ1) is 21.1. The standard InChI is InChI=1S/C29H37ClF3N9O2/c30-22-10-5-17(29(31,32)33)15-23(22)38-28(43)44-41-13-11-20(12-14-41)36-25-24-26(42(16-35-24)21-3-1-2-4-21)40-27(39-25)37-19-8-6-18(34)7-9-19/h5,10,15-16,18-21H,1-4,6-9,11-14,34H2,(H,38,43)(H2,36,37,39,40). The highest BCUT2D eigenvalue weighted by Crippen LogP contribution is 2.35. The van der Waals surface area contributed by atoms with Crippen LogP contribution in [0.15, 0.2) is 24.5 Å². The molecule has 15 heteroatoms. The number of benzene rings is 1. The molecule has 2 saturated carbocycles. The van der Waals surface area contributed by atoms with E-state index in [1.165, 1.54) is 17.9 Å². The molecule has 0 atom stereocenters. The molecule has 1 aliphatic heterocycles. The molecule has 0 bridgehead atoms. The van der Waals surface area contributed by atoms with E-state index < -0.39 is 17.8 Å². The highest BCUT2D eigenvalue weighted by molar-refractivity contribution is 6.33. The molecular weight excluding hydrogens is 599 g/mol. The maximum Gasteiger partial charge on any atom is 0.430 e. The van der Waals surface area contributed by atoms with Crippen molar-refractivity contribution in [3.8, 4) is 0 Å². The van der Waals surface area contributed by atoms with Crippen LogP contribution in [0.25, 0.3) is 11.2 Å². The zero-order valence-corrected chi connectivity index (χ0v) is 25.0. The van der Waals surface area contributed by atoms with Crippen molar-refractivity contribution in [3.63, 3.8) is 0 Å². The quantitative estimate of drug-likeness (QED) is 0.235. The number of halogens is 4. The molecule has 3 fully saturated rings. The molecule has 2 aromatic heterocycles. The van der Waals surface area contributed by atoms with Gasteiger partial charge in [0.25, 0.3) is 0 Å². The number of aromatic nitrogens is 4.